The molecule has 0 radical (unpaired) electrons. The Hall–Kier alpha value is -2.04. The van der Waals surface area contributed by atoms with Gasteiger partial charge in [0.2, 0.25) is 0 Å². The molecule has 1 amide bonds. The average molecular weight is 292 g/mol. The van der Waals surface area contributed by atoms with Gasteiger partial charge in [-0.3, -0.25) is 9.78 Å². The van der Waals surface area contributed by atoms with Crippen molar-refractivity contribution in [2.45, 2.75) is 33.2 Å². The maximum atomic E-state index is 12.6. The SMILES string of the molecule is Cc1ccc2cc(C(=O)N(CC(F)F)C(C)C)ccc2n1. The molecule has 0 aliphatic rings. The normalized spacial score (nSPS) is 11.4. The minimum atomic E-state index is -2.54. The number of pyridine rings is 1. The Morgan fingerprint density at radius 3 is 2.57 bits per heavy atom. The molecule has 2 rings (SSSR count). The molecule has 21 heavy (non-hydrogen) atoms. The van der Waals surface area contributed by atoms with E-state index in [0.29, 0.717) is 5.56 Å². The monoisotopic (exact) mass is 292 g/mol. The fraction of sp³-hybridized carbons (Fsp3) is 0.375. The van der Waals surface area contributed by atoms with Crippen LogP contribution in [0.4, 0.5) is 8.78 Å². The molecule has 0 aliphatic carbocycles. The van der Waals surface area contributed by atoms with Gasteiger partial charge in [0.15, 0.2) is 0 Å². The molecule has 0 saturated heterocycles. The van der Waals surface area contributed by atoms with Gasteiger partial charge in [-0.25, -0.2) is 8.78 Å². The first-order valence-corrected chi connectivity index (χ1v) is 6.85. The quantitative estimate of drug-likeness (QED) is 0.861. The van der Waals surface area contributed by atoms with Crippen LogP contribution in [0, 0.1) is 6.92 Å². The number of aromatic nitrogens is 1. The first-order valence-electron chi connectivity index (χ1n) is 6.85. The van der Waals surface area contributed by atoms with E-state index in [1.807, 2.05) is 19.1 Å². The topological polar surface area (TPSA) is 33.2 Å². The molecular weight excluding hydrogens is 274 g/mol. The van der Waals surface area contributed by atoms with Crippen LogP contribution in [0.5, 0.6) is 0 Å². The molecule has 3 nitrogen and oxygen atoms in total. The van der Waals surface area contributed by atoms with Crippen LogP contribution in [0.1, 0.15) is 29.9 Å². The maximum Gasteiger partial charge on any atom is 0.255 e. The van der Waals surface area contributed by atoms with Crippen LogP contribution in [0.15, 0.2) is 30.3 Å². The molecule has 5 heteroatoms. The molecule has 0 saturated carbocycles. The molecular formula is C16H18F2N2O. The zero-order valence-electron chi connectivity index (χ0n) is 12.3. The fourth-order valence-corrected chi connectivity index (χ4v) is 2.20. The standard InChI is InChI=1S/C16H18F2N2O/c1-10(2)20(9-15(17)18)16(21)13-6-7-14-12(8-13)5-4-11(3)19-14/h4-8,10,15H,9H2,1-3H3. The lowest BCUT2D eigenvalue weighted by molar-refractivity contribution is 0.0476. The second kappa shape index (κ2) is 6.16. The highest BCUT2D eigenvalue weighted by atomic mass is 19.3. The molecule has 1 aromatic carbocycles. The summed E-state index contributed by atoms with van der Waals surface area (Å²) < 4.78 is 25.2. The first-order chi connectivity index (χ1) is 9.88. The number of alkyl halides is 2. The second-order valence-electron chi connectivity index (χ2n) is 5.30. The van der Waals surface area contributed by atoms with Gasteiger partial charge in [0.1, 0.15) is 0 Å². The Balaban J connectivity index is 2.35. The number of benzene rings is 1. The number of rotatable bonds is 4. The summed E-state index contributed by atoms with van der Waals surface area (Å²) in [5, 5.41) is 0.826. The fourth-order valence-electron chi connectivity index (χ4n) is 2.20. The summed E-state index contributed by atoms with van der Waals surface area (Å²) >= 11 is 0. The van der Waals surface area contributed by atoms with E-state index in [0.717, 1.165) is 16.6 Å². The van der Waals surface area contributed by atoms with Gasteiger partial charge in [0, 0.05) is 22.7 Å². The Morgan fingerprint density at radius 1 is 1.24 bits per heavy atom. The van der Waals surface area contributed by atoms with Gasteiger partial charge in [-0.05, 0) is 45.0 Å². The Bertz CT molecular complexity index is 656. The predicted octanol–water partition coefficient (Wildman–Crippen LogP) is 3.66. The summed E-state index contributed by atoms with van der Waals surface area (Å²) in [7, 11) is 0. The van der Waals surface area contributed by atoms with Crippen molar-refractivity contribution in [2.75, 3.05) is 6.54 Å². The van der Waals surface area contributed by atoms with E-state index < -0.39 is 13.0 Å². The third-order valence-electron chi connectivity index (χ3n) is 3.29. The maximum absolute atomic E-state index is 12.6. The van der Waals surface area contributed by atoms with Crippen LogP contribution in [-0.4, -0.2) is 34.8 Å². The molecule has 112 valence electrons. The number of hydrogen-bond acceptors (Lipinski definition) is 2. The van der Waals surface area contributed by atoms with Gasteiger partial charge in [-0.15, -0.1) is 0 Å². The summed E-state index contributed by atoms with van der Waals surface area (Å²) in [4.78, 5) is 18.0. The first kappa shape index (κ1) is 15.4. The number of aryl methyl sites for hydroxylation is 1. The van der Waals surface area contributed by atoms with E-state index in [1.165, 1.54) is 4.90 Å². The molecule has 0 fully saturated rings. The molecule has 0 atom stereocenters. The van der Waals surface area contributed by atoms with Crippen LogP contribution in [0.25, 0.3) is 10.9 Å². The van der Waals surface area contributed by atoms with Crippen LogP contribution < -0.4 is 0 Å². The number of halogens is 2. The van der Waals surface area contributed by atoms with E-state index in [4.69, 9.17) is 0 Å². The van der Waals surface area contributed by atoms with Gasteiger partial charge in [-0.1, -0.05) is 6.07 Å². The van der Waals surface area contributed by atoms with E-state index in [1.54, 1.807) is 32.0 Å². The molecule has 1 aromatic heterocycles. The third-order valence-corrected chi connectivity index (χ3v) is 3.29. The number of carbonyl (C=O) groups excluding carboxylic acids is 1. The van der Waals surface area contributed by atoms with Crippen LogP contribution in [-0.2, 0) is 0 Å². The molecule has 1 heterocycles. The number of fused-ring (bicyclic) bond motifs is 1. The van der Waals surface area contributed by atoms with Gasteiger partial charge in [0.05, 0.1) is 12.1 Å². The lowest BCUT2D eigenvalue weighted by atomic mass is 10.1. The molecule has 0 unspecified atom stereocenters. The summed E-state index contributed by atoms with van der Waals surface area (Å²) in [5.74, 6) is -0.382. The van der Waals surface area contributed by atoms with Crippen LogP contribution >= 0.6 is 0 Å². The third kappa shape index (κ3) is 3.54. The summed E-state index contributed by atoms with van der Waals surface area (Å²) in [6.07, 6.45) is -2.54. The van der Waals surface area contributed by atoms with Crippen LogP contribution in [0.2, 0.25) is 0 Å². The summed E-state index contributed by atoms with van der Waals surface area (Å²) in [6, 6.07) is 8.54. The van der Waals surface area contributed by atoms with Crippen molar-refractivity contribution in [1.29, 1.82) is 0 Å². The van der Waals surface area contributed by atoms with Gasteiger partial charge in [-0.2, -0.15) is 0 Å². The highest BCUT2D eigenvalue weighted by Crippen LogP contribution is 2.17. The smallest absolute Gasteiger partial charge is 0.255 e. The van der Waals surface area contributed by atoms with Crippen molar-refractivity contribution >= 4 is 16.8 Å². The highest BCUT2D eigenvalue weighted by molar-refractivity contribution is 5.98. The van der Waals surface area contributed by atoms with Crippen molar-refractivity contribution in [1.82, 2.24) is 9.88 Å². The van der Waals surface area contributed by atoms with E-state index in [9.17, 15) is 13.6 Å². The predicted molar refractivity (Wildman–Crippen MR) is 78.7 cm³/mol. The Morgan fingerprint density at radius 2 is 1.95 bits per heavy atom. The van der Waals surface area contributed by atoms with Crippen molar-refractivity contribution < 1.29 is 13.6 Å². The van der Waals surface area contributed by atoms with E-state index in [2.05, 4.69) is 4.98 Å². The second-order valence-corrected chi connectivity index (χ2v) is 5.30. The molecule has 0 N–H and O–H groups in total. The van der Waals surface area contributed by atoms with E-state index >= 15 is 0 Å². The van der Waals surface area contributed by atoms with Crippen molar-refractivity contribution in [3.8, 4) is 0 Å². The molecule has 0 bridgehead atoms. The molecule has 0 aliphatic heterocycles. The van der Waals surface area contributed by atoms with Gasteiger partial charge in [0.25, 0.3) is 12.3 Å². The zero-order valence-corrected chi connectivity index (χ0v) is 12.3. The summed E-state index contributed by atoms with van der Waals surface area (Å²) in [5.41, 5.74) is 2.09. The zero-order chi connectivity index (χ0) is 15.6. The number of amides is 1. The Labute approximate surface area is 122 Å². The number of nitrogens with zero attached hydrogens (tertiary/aromatic N) is 2. The lowest BCUT2D eigenvalue weighted by Gasteiger charge is -2.26. The number of hydrogen-bond donors (Lipinski definition) is 0. The van der Waals surface area contributed by atoms with E-state index in [-0.39, 0.29) is 11.9 Å². The number of carbonyl (C=O) groups is 1. The van der Waals surface area contributed by atoms with Gasteiger partial charge < -0.3 is 4.90 Å². The highest BCUT2D eigenvalue weighted by Gasteiger charge is 2.22. The minimum absolute atomic E-state index is 0.279. The average Bonchev–Trinajstić information content (AvgIpc) is 2.43. The largest absolute Gasteiger partial charge is 0.330 e. The van der Waals surface area contributed by atoms with Crippen molar-refractivity contribution in [2.24, 2.45) is 0 Å². The lowest BCUT2D eigenvalue weighted by Crippen LogP contribution is -2.40. The Kier molecular flexibility index (Phi) is 4.50. The van der Waals surface area contributed by atoms with Crippen molar-refractivity contribution in [3.05, 3.63) is 41.6 Å². The van der Waals surface area contributed by atoms with Crippen LogP contribution in [0.3, 0.4) is 0 Å². The summed E-state index contributed by atoms with van der Waals surface area (Å²) in [6.45, 7) is 4.79. The molecule has 2 aromatic rings. The minimum Gasteiger partial charge on any atom is -0.330 e. The van der Waals surface area contributed by atoms with Crippen molar-refractivity contribution in [3.63, 3.8) is 0 Å². The molecule has 0 spiro atoms. The van der Waals surface area contributed by atoms with Gasteiger partial charge >= 0.3 is 0 Å².